The number of carbonyl (C=O) groups excluding carboxylic acids is 3. The van der Waals surface area contributed by atoms with E-state index in [9.17, 15) is 14.4 Å². The molecule has 8 nitrogen and oxygen atoms in total. The second-order valence-electron chi connectivity index (χ2n) is 21.9. The standard InChI is InChI=1S/C54H98N4O4/c1-7-8-9-10-11-12-13-14-15-16-17-20-27-50(59)56-37-21-18-19-22-39-58(41-51(60)57-38-24-36-55)52(61)62-45-32-34-53(5)44(40-45)28-29-46-48-31-30-47(43(4)26-23-25-42(2)3)54(48,6)35-33-49(46)53/h28,42-43,45-49H,7-27,29-41,55H2,1-6H3,(H,56,59)(H,57,60)/t43-,45+,46+,47-,48+,49+,53+,54-/m1/s1. The molecule has 4 aliphatic rings. The molecule has 8 heteroatoms. The maximum atomic E-state index is 13.8. The summed E-state index contributed by atoms with van der Waals surface area (Å²) >= 11 is 0. The smallest absolute Gasteiger partial charge is 0.410 e. The van der Waals surface area contributed by atoms with Gasteiger partial charge in [0.15, 0.2) is 0 Å². The van der Waals surface area contributed by atoms with Gasteiger partial charge in [-0.1, -0.05) is 156 Å². The van der Waals surface area contributed by atoms with E-state index >= 15 is 0 Å². The molecule has 0 aliphatic heterocycles. The first kappa shape index (κ1) is 52.5. The van der Waals surface area contributed by atoms with E-state index in [1.807, 2.05) is 0 Å². The molecular weight excluding hydrogens is 769 g/mol. The highest BCUT2D eigenvalue weighted by atomic mass is 16.6. The monoisotopic (exact) mass is 867 g/mol. The van der Waals surface area contributed by atoms with Crippen LogP contribution in [0.5, 0.6) is 0 Å². The summed E-state index contributed by atoms with van der Waals surface area (Å²) in [6.45, 7) is 17.0. The summed E-state index contributed by atoms with van der Waals surface area (Å²) < 4.78 is 6.29. The quantitative estimate of drug-likeness (QED) is 0.0474. The van der Waals surface area contributed by atoms with E-state index in [0.717, 1.165) is 93.3 Å². The van der Waals surface area contributed by atoms with E-state index in [1.54, 1.807) is 4.90 Å². The Morgan fingerprint density at radius 1 is 0.742 bits per heavy atom. The summed E-state index contributed by atoms with van der Waals surface area (Å²) in [6.07, 6.45) is 36.2. The van der Waals surface area contributed by atoms with Gasteiger partial charge in [-0.05, 0) is 124 Å². The lowest BCUT2D eigenvalue weighted by Crippen LogP contribution is -2.51. The molecule has 358 valence electrons. The molecule has 0 radical (unpaired) electrons. The van der Waals surface area contributed by atoms with Crippen LogP contribution in [-0.4, -0.2) is 61.6 Å². The first-order chi connectivity index (χ1) is 29.9. The second-order valence-corrected chi connectivity index (χ2v) is 21.9. The van der Waals surface area contributed by atoms with Crippen molar-refractivity contribution in [3.63, 3.8) is 0 Å². The summed E-state index contributed by atoms with van der Waals surface area (Å²) in [7, 11) is 0. The molecule has 3 saturated carbocycles. The molecular formula is C54H98N4O4. The van der Waals surface area contributed by atoms with Crippen molar-refractivity contribution in [2.45, 2.75) is 234 Å². The number of unbranched alkanes of at least 4 members (excludes halogenated alkanes) is 14. The molecule has 0 bridgehead atoms. The van der Waals surface area contributed by atoms with Crippen molar-refractivity contribution >= 4 is 17.9 Å². The molecule has 0 aromatic carbocycles. The Labute approximate surface area is 381 Å². The molecule has 4 rings (SSSR count). The number of rotatable bonds is 31. The molecule has 62 heavy (non-hydrogen) atoms. The van der Waals surface area contributed by atoms with E-state index in [1.165, 1.54) is 121 Å². The highest BCUT2D eigenvalue weighted by Crippen LogP contribution is 2.67. The molecule has 0 aromatic heterocycles. The Morgan fingerprint density at radius 3 is 2.08 bits per heavy atom. The predicted molar refractivity (Wildman–Crippen MR) is 259 cm³/mol. The Kier molecular flexibility index (Phi) is 23.8. The lowest BCUT2D eigenvalue weighted by molar-refractivity contribution is -0.122. The van der Waals surface area contributed by atoms with Gasteiger partial charge in [0, 0.05) is 32.5 Å². The van der Waals surface area contributed by atoms with Crippen LogP contribution in [0, 0.1) is 46.3 Å². The lowest BCUT2D eigenvalue weighted by atomic mass is 9.47. The minimum Gasteiger partial charge on any atom is -0.446 e. The fourth-order valence-corrected chi connectivity index (χ4v) is 13.0. The largest absolute Gasteiger partial charge is 0.446 e. The topological polar surface area (TPSA) is 114 Å². The van der Waals surface area contributed by atoms with Crippen LogP contribution >= 0.6 is 0 Å². The zero-order chi connectivity index (χ0) is 44.8. The van der Waals surface area contributed by atoms with Crippen LogP contribution in [0.4, 0.5) is 4.79 Å². The SMILES string of the molecule is CCCCCCCCCCCCCCC(=O)NCCCCCCN(CC(=O)NCCCN)C(=O)O[C@H]1CC[C@@]2(C)C(=CC[C@H]3[C@@H]4CC[C@H]([C@H](C)CCCC(C)C)[C@@]4(C)CC[C@@H]32)C1. The average molecular weight is 867 g/mol. The number of carbonyl (C=O) groups is 3. The van der Waals surface area contributed by atoms with Crippen molar-refractivity contribution in [1.29, 1.82) is 0 Å². The molecule has 4 N–H and O–H groups in total. The Bertz CT molecular complexity index is 1340. The van der Waals surface area contributed by atoms with Crippen molar-refractivity contribution in [3.05, 3.63) is 11.6 Å². The molecule has 0 unspecified atom stereocenters. The predicted octanol–water partition coefficient (Wildman–Crippen LogP) is 13.1. The molecule has 0 saturated heterocycles. The number of hydrogen-bond acceptors (Lipinski definition) is 5. The van der Waals surface area contributed by atoms with Crippen LogP contribution in [0.25, 0.3) is 0 Å². The number of amides is 3. The fourth-order valence-electron chi connectivity index (χ4n) is 13.0. The maximum absolute atomic E-state index is 13.8. The summed E-state index contributed by atoms with van der Waals surface area (Å²) in [5.41, 5.74) is 7.86. The molecule has 4 aliphatic carbocycles. The van der Waals surface area contributed by atoms with Gasteiger partial charge in [0.05, 0.1) is 0 Å². The average Bonchev–Trinajstić information content (AvgIpc) is 3.60. The third-order valence-corrected chi connectivity index (χ3v) is 16.8. The maximum Gasteiger partial charge on any atom is 0.410 e. The van der Waals surface area contributed by atoms with Gasteiger partial charge in [-0.25, -0.2) is 4.79 Å². The number of nitrogens with two attached hydrogens (primary N) is 1. The Balaban J connectivity index is 1.16. The number of fused-ring (bicyclic) bond motifs is 5. The first-order valence-corrected chi connectivity index (χ1v) is 26.8. The summed E-state index contributed by atoms with van der Waals surface area (Å²) in [5, 5.41) is 6.04. The van der Waals surface area contributed by atoms with Gasteiger partial charge in [0.2, 0.25) is 11.8 Å². The number of allylic oxidation sites excluding steroid dienone is 1. The first-order valence-electron chi connectivity index (χ1n) is 26.8. The van der Waals surface area contributed by atoms with E-state index in [-0.39, 0.29) is 36.0 Å². The minimum absolute atomic E-state index is 0.00691. The number of nitrogens with one attached hydrogen (secondary N) is 2. The van der Waals surface area contributed by atoms with Gasteiger partial charge in [0.1, 0.15) is 12.6 Å². The molecule has 0 spiro atoms. The molecule has 0 aromatic rings. The fraction of sp³-hybridized carbons (Fsp3) is 0.907. The van der Waals surface area contributed by atoms with E-state index < -0.39 is 0 Å². The number of nitrogens with zero attached hydrogens (tertiary/aromatic N) is 1. The molecule has 3 amide bonds. The third kappa shape index (κ3) is 16.4. The zero-order valence-electron chi connectivity index (χ0n) is 41.3. The number of hydrogen-bond donors (Lipinski definition) is 3. The van der Waals surface area contributed by atoms with Crippen LogP contribution in [0.3, 0.4) is 0 Å². The second kappa shape index (κ2) is 28.1. The van der Waals surface area contributed by atoms with Gasteiger partial charge >= 0.3 is 6.09 Å². The molecule has 3 fully saturated rings. The van der Waals surface area contributed by atoms with Crippen molar-refractivity contribution in [3.8, 4) is 0 Å². The Morgan fingerprint density at radius 2 is 1.39 bits per heavy atom. The molecule has 0 heterocycles. The summed E-state index contributed by atoms with van der Waals surface area (Å²) in [6, 6.07) is 0. The minimum atomic E-state index is -0.361. The zero-order valence-corrected chi connectivity index (χ0v) is 41.3. The highest BCUT2D eigenvalue weighted by molar-refractivity contribution is 5.82. The lowest BCUT2D eigenvalue weighted by Gasteiger charge is -2.58. The number of ether oxygens (including phenoxy) is 1. The van der Waals surface area contributed by atoms with Gasteiger partial charge in [-0.3, -0.25) is 14.5 Å². The molecule has 8 atom stereocenters. The van der Waals surface area contributed by atoms with Gasteiger partial charge in [-0.2, -0.15) is 0 Å². The van der Waals surface area contributed by atoms with E-state index in [2.05, 4.69) is 58.3 Å². The highest BCUT2D eigenvalue weighted by Gasteiger charge is 2.59. The third-order valence-electron chi connectivity index (χ3n) is 16.8. The van der Waals surface area contributed by atoms with E-state index in [0.29, 0.717) is 44.4 Å². The van der Waals surface area contributed by atoms with Crippen LogP contribution < -0.4 is 16.4 Å². The van der Waals surface area contributed by atoms with Gasteiger partial charge in [-0.15, -0.1) is 0 Å². The van der Waals surface area contributed by atoms with Gasteiger partial charge in [0.25, 0.3) is 0 Å². The Hall–Kier alpha value is -2.09. The van der Waals surface area contributed by atoms with Crippen LogP contribution in [0.1, 0.15) is 228 Å². The van der Waals surface area contributed by atoms with Crippen LogP contribution in [0.15, 0.2) is 11.6 Å². The van der Waals surface area contributed by atoms with Crippen molar-refractivity contribution in [2.75, 3.05) is 32.7 Å². The van der Waals surface area contributed by atoms with Crippen molar-refractivity contribution in [2.24, 2.45) is 52.1 Å². The van der Waals surface area contributed by atoms with Gasteiger partial charge < -0.3 is 21.1 Å². The summed E-state index contributed by atoms with van der Waals surface area (Å²) in [5.74, 6) is 4.84. The normalized spacial score (nSPS) is 27.2. The van der Waals surface area contributed by atoms with Crippen molar-refractivity contribution in [1.82, 2.24) is 15.5 Å². The summed E-state index contributed by atoms with van der Waals surface area (Å²) in [4.78, 5) is 40.7. The van der Waals surface area contributed by atoms with Crippen LogP contribution in [0.2, 0.25) is 0 Å². The van der Waals surface area contributed by atoms with Crippen LogP contribution in [-0.2, 0) is 14.3 Å². The van der Waals surface area contributed by atoms with E-state index in [4.69, 9.17) is 10.5 Å². The van der Waals surface area contributed by atoms with Crippen molar-refractivity contribution < 1.29 is 19.1 Å².